The highest BCUT2D eigenvalue weighted by molar-refractivity contribution is 5.82. The molecule has 7 heteroatoms. The number of amides is 1. The van der Waals surface area contributed by atoms with E-state index in [1.807, 2.05) is 43.0 Å². The first kappa shape index (κ1) is 22.7. The molecular formula is C26H30N4O3. The quantitative estimate of drug-likeness (QED) is 0.712. The van der Waals surface area contributed by atoms with Crippen molar-refractivity contribution in [2.75, 3.05) is 25.6 Å². The van der Waals surface area contributed by atoms with Gasteiger partial charge in [0.2, 0.25) is 5.91 Å². The van der Waals surface area contributed by atoms with Gasteiger partial charge >= 0.3 is 0 Å². The Labute approximate surface area is 195 Å². The molecule has 4 rings (SSSR count). The lowest BCUT2D eigenvalue weighted by Gasteiger charge is -2.46. The van der Waals surface area contributed by atoms with Gasteiger partial charge < -0.3 is 20.1 Å². The number of methoxy groups -OCH3 is 1. The van der Waals surface area contributed by atoms with E-state index in [1.54, 1.807) is 19.2 Å². The Kier molecular flexibility index (Phi) is 6.30. The summed E-state index contributed by atoms with van der Waals surface area (Å²) in [6.45, 7) is 9.63. The second-order valence-corrected chi connectivity index (χ2v) is 8.82. The van der Waals surface area contributed by atoms with Crippen LogP contribution in [-0.4, -0.2) is 37.2 Å². The van der Waals surface area contributed by atoms with E-state index in [-0.39, 0.29) is 11.9 Å². The fraction of sp³-hybridized carbons (Fsp3) is 0.385. The van der Waals surface area contributed by atoms with Gasteiger partial charge in [0.25, 0.3) is 0 Å². The van der Waals surface area contributed by atoms with Gasteiger partial charge in [-0.2, -0.15) is 5.26 Å². The minimum absolute atomic E-state index is 0.0830. The summed E-state index contributed by atoms with van der Waals surface area (Å²) in [6, 6.07) is 13.6. The summed E-state index contributed by atoms with van der Waals surface area (Å²) in [6.07, 6.45) is 2.00. The molecule has 7 nitrogen and oxygen atoms in total. The molecule has 2 saturated heterocycles. The van der Waals surface area contributed by atoms with Crippen LogP contribution in [-0.2, 0) is 15.1 Å². The summed E-state index contributed by atoms with van der Waals surface area (Å²) in [7, 11) is 1.58. The lowest BCUT2D eigenvalue weighted by molar-refractivity contribution is -0.137. The van der Waals surface area contributed by atoms with Gasteiger partial charge in [0, 0.05) is 31.0 Å². The third-order valence-electron chi connectivity index (χ3n) is 6.57. The lowest BCUT2D eigenvalue weighted by atomic mass is 9.82. The first-order valence-electron chi connectivity index (χ1n) is 11.2. The number of carbonyl (C=O) groups excluding carboxylic acids is 1. The van der Waals surface area contributed by atoms with E-state index >= 15 is 0 Å². The Hall–Kier alpha value is -3.50. The van der Waals surface area contributed by atoms with Gasteiger partial charge in [0.15, 0.2) is 0 Å². The summed E-state index contributed by atoms with van der Waals surface area (Å²) in [5.74, 6) is 1.32. The van der Waals surface area contributed by atoms with Gasteiger partial charge in [-0.1, -0.05) is 18.7 Å². The highest BCUT2D eigenvalue weighted by Crippen LogP contribution is 2.38. The molecular weight excluding hydrogens is 416 g/mol. The number of ether oxygens (including phenoxy) is 2. The maximum absolute atomic E-state index is 13.2. The lowest BCUT2D eigenvalue weighted by Crippen LogP contribution is -2.57. The molecule has 1 atom stereocenters. The van der Waals surface area contributed by atoms with E-state index in [1.165, 1.54) is 0 Å². The number of benzene rings is 2. The molecule has 0 unspecified atom stereocenters. The number of carbonyl (C=O) groups is 1. The molecule has 0 radical (unpaired) electrons. The second kappa shape index (κ2) is 9.16. The average Bonchev–Trinajstić information content (AvgIpc) is 2.80. The van der Waals surface area contributed by atoms with Crippen molar-refractivity contribution in [1.82, 2.24) is 10.2 Å². The second-order valence-electron chi connectivity index (χ2n) is 8.82. The van der Waals surface area contributed by atoms with Crippen molar-refractivity contribution in [2.24, 2.45) is 0 Å². The van der Waals surface area contributed by atoms with Gasteiger partial charge in [-0.05, 0) is 56.0 Å². The molecule has 0 spiro atoms. The maximum atomic E-state index is 13.2. The van der Waals surface area contributed by atoms with Gasteiger partial charge in [0.1, 0.15) is 11.6 Å². The SMILES string of the molecule is C=C1N[C@](C)(c2cccc(Nc3ccc(C#N)cc3OC)c2C)CC(=O)N1C1CCOCC1. The van der Waals surface area contributed by atoms with Crippen molar-refractivity contribution in [3.05, 3.63) is 65.5 Å². The molecule has 0 aliphatic carbocycles. The van der Waals surface area contributed by atoms with E-state index in [9.17, 15) is 4.79 Å². The van der Waals surface area contributed by atoms with Crippen LogP contribution in [0.15, 0.2) is 48.8 Å². The third kappa shape index (κ3) is 4.39. The van der Waals surface area contributed by atoms with Crippen molar-refractivity contribution >= 4 is 17.3 Å². The van der Waals surface area contributed by atoms with Crippen LogP contribution >= 0.6 is 0 Å². The molecule has 0 aromatic heterocycles. The van der Waals surface area contributed by atoms with Crippen molar-refractivity contribution in [2.45, 2.75) is 44.7 Å². The smallest absolute Gasteiger partial charge is 0.231 e. The monoisotopic (exact) mass is 446 g/mol. The summed E-state index contributed by atoms with van der Waals surface area (Å²) in [5.41, 5.74) is 3.69. The summed E-state index contributed by atoms with van der Waals surface area (Å²) < 4.78 is 10.9. The average molecular weight is 447 g/mol. The Morgan fingerprint density at radius 2 is 2.03 bits per heavy atom. The van der Waals surface area contributed by atoms with Crippen LogP contribution in [0.2, 0.25) is 0 Å². The molecule has 172 valence electrons. The Balaban J connectivity index is 1.60. The Morgan fingerprint density at radius 1 is 1.27 bits per heavy atom. The van der Waals surface area contributed by atoms with Crippen LogP contribution in [0.25, 0.3) is 0 Å². The van der Waals surface area contributed by atoms with Crippen LogP contribution < -0.4 is 15.4 Å². The van der Waals surface area contributed by atoms with Crippen LogP contribution in [0.1, 0.15) is 42.9 Å². The molecule has 1 amide bonds. The molecule has 2 N–H and O–H groups in total. The number of nitrogens with zero attached hydrogens (tertiary/aromatic N) is 2. The molecule has 2 fully saturated rings. The fourth-order valence-corrected chi connectivity index (χ4v) is 4.87. The zero-order chi connectivity index (χ0) is 23.6. The maximum Gasteiger partial charge on any atom is 0.231 e. The summed E-state index contributed by atoms with van der Waals surface area (Å²) in [4.78, 5) is 15.1. The zero-order valence-electron chi connectivity index (χ0n) is 19.4. The number of rotatable bonds is 5. The van der Waals surface area contributed by atoms with Crippen LogP contribution in [0.4, 0.5) is 11.4 Å². The van der Waals surface area contributed by atoms with Crippen LogP contribution in [0, 0.1) is 18.3 Å². The summed E-state index contributed by atoms with van der Waals surface area (Å²) in [5, 5.41) is 16.1. The predicted octanol–water partition coefficient (Wildman–Crippen LogP) is 4.31. The molecule has 0 bridgehead atoms. The number of hydrogen-bond donors (Lipinski definition) is 2. The predicted molar refractivity (Wildman–Crippen MR) is 127 cm³/mol. The van der Waals surface area contributed by atoms with Crippen LogP contribution in [0.3, 0.4) is 0 Å². The van der Waals surface area contributed by atoms with Crippen molar-refractivity contribution in [3.63, 3.8) is 0 Å². The van der Waals surface area contributed by atoms with Crippen molar-refractivity contribution < 1.29 is 14.3 Å². The minimum Gasteiger partial charge on any atom is -0.495 e. The molecule has 2 aliphatic heterocycles. The van der Waals surface area contributed by atoms with Crippen LogP contribution in [0.5, 0.6) is 5.75 Å². The van der Waals surface area contributed by atoms with E-state index in [0.29, 0.717) is 36.8 Å². The van der Waals surface area contributed by atoms with E-state index in [2.05, 4.69) is 23.3 Å². The number of hydrogen-bond acceptors (Lipinski definition) is 6. The molecule has 0 saturated carbocycles. The Morgan fingerprint density at radius 3 is 2.70 bits per heavy atom. The third-order valence-corrected chi connectivity index (χ3v) is 6.57. The number of nitrogens with one attached hydrogen (secondary N) is 2. The molecule has 2 aliphatic rings. The first-order chi connectivity index (χ1) is 15.9. The van der Waals surface area contributed by atoms with Crippen molar-refractivity contribution in [1.29, 1.82) is 5.26 Å². The minimum atomic E-state index is -0.577. The van der Waals surface area contributed by atoms with Gasteiger partial charge in [-0.25, -0.2) is 0 Å². The number of anilines is 2. The van der Waals surface area contributed by atoms with E-state index in [4.69, 9.17) is 14.7 Å². The van der Waals surface area contributed by atoms with Gasteiger partial charge in [0.05, 0.1) is 36.4 Å². The normalized spacial score (nSPS) is 21.3. The van der Waals surface area contributed by atoms with Gasteiger partial charge in [-0.3, -0.25) is 9.69 Å². The zero-order valence-corrected chi connectivity index (χ0v) is 19.4. The van der Waals surface area contributed by atoms with Gasteiger partial charge in [-0.15, -0.1) is 0 Å². The molecule has 33 heavy (non-hydrogen) atoms. The van der Waals surface area contributed by atoms with E-state index < -0.39 is 5.54 Å². The first-order valence-corrected chi connectivity index (χ1v) is 11.2. The molecule has 2 aromatic carbocycles. The van der Waals surface area contributed by atoms with E-state index in [0.717, 1.165) is 35.3 Å². The fourth-order valence-electron chi connectivity index (χ4n) is 4.87. The highest BCUT2D eigenvalue weighted by Gasteiger charge is 2.42. The largest absolute Gasteiger partial charge is 0.495 e. The molecule has 2 heterocycles. The van der Waals surface area contributed by atoms with Crippen molar-refractivity contribution in [3.8, 4) is 11.8 Å². The summed E-state index contributed by atoms with van der Waals surface area (Å²) >= 11 is 0. The topological polar surface area (TPSA) is 86.6 Å². The standard InChI is InChI=1S/C26H30N4O3/c1-17-21(6-5-7-22(17)28-23-9-8-19(16-27)14-24(23)32-4)26(3)15-25(31)30(18(2)29-26)20-10-12-33-13-11-20/h5-9,14,20,28-29H,2,10-13,15H2,1,3-4H3/t26-/m0/s1. The number of nitriles is 1. The Bertz CT molecular complexity index is 1100. The molecule has 2 aromatic rings. The highest BCUT2D eigenvalue weighted by atomic mass is 16.5.